The molecular weight excluding hydrogens is 250 g/mol. The second-order valence-electron chi connectivity index (χ2n) is 5.45. The largest absolute Gasteiger partial charge is 0.492 e. The van der Waals surface area contributed by atoms with Crippen molar-refractivity contribution in [3.63, 3.8) is 0 Å². The van der Waals surface area contributed by atoms with Crippen LogP contribution in [0.15, 0.2) is 36.4 Å². The first-order valence-corrected chi connectivity index (χ1v) is 7.25. The number of ether oxygens (including phenoxy) is 1. The minimum absolute atomic E-state index is 0.203. The highest BCUT2D eigenvalue weighted by Crippen LogP contribution is 2.20. The maximum Gasteiger partial charge on any atom is 0.223 e. The molecule has 1 aliphatic carbocycles. The Labute approximate surface area is 121 Å². The monoisotopic (exact) mass is 273 g/mol. The fourth-order valence-electron chi connectivity index (χ4n) is 2.31. The van der Waals surface area contributed by atoms with Crippen molar-refractivity contribution in [1.29, 1.82) is 0 Å². The van der Waals surface area contributed by atoms with Crippen molar-refractivity contribution < 1.29 is 9.53 Å². The zero-order chi connectivity index (χ0) is 14.4. The molecule has 0 heterocycles. The molecule has 0 bridgehead atoms. The molecule has 0 aliphatic heterocycles. The predicted octanol–water partition coefficient (Wildman–Crippen LogP) is 3.19. The number of carbonyl (C=O) groups is 1. The molecule has 0 radical (unpaired) electrons. The lowest BCUT2D eigenvalue weighted by Crippen LogP contribution is -2.31. The highest BCUT2D eigenvalue weighted by atomic mass is 16.5. The normalized spacial score (nSPS) is 17.2. The fourth-order valence-corrected chi connectivity index (χ4v) is 2.31. The van der Waals surface area contributed by atoms with Crippen molar-refractivity contribution in [3.8, 4) is 5.75 Å². The van der Waals surface area contributed by atoms with Crippen molar-refractivity contribution in [1.82, 2.24) is 4.90 Å². The van der Waals surface area contributed by atoms with Crippen LogP contribution in [-0.4, -0.2) is 31.0 Å². The Morgan fingerprint density at radius 3 is 2.75 bits per heavy atom. The molecular formula is C17H23NO2. The van der Waals surface area contributed by atoms with E-state index in [1.807, 2.05) is 38.2 Å². The number of benzene rings is 1. The summed E-state index contributed by atoms with van der Waals surface area (Å²) in [5.74, 6) is 1.49. The third-order valence-electron chi connectivity index (χ3n) is 3.69. The van der Waals surface area contributed by atoms with Gasteiger partial charge in [-0.3, -0.25) is 4.79 Å². The first-order chi connectivity index (χ1) is 9.65. The van der Waals surface area contributed by atoms with Gasteiger partial charge in [0, 0.05) is 13.5 Å². The third kappa shape index (κ3) is 4.41. The molecule has 1 aliphatic rings. The minimum atomic E-state index is 0.203. The van der Waals surface area contributed by atoms with E-state index in [0.29, 0.717) is 25.5 Å². The molecule has 0 saturated heterocycles. The topological polar surface area (TPSA) is 29.5 Å². The first kappa shape index (κ1) is 14.6. The van der Waals surface area contributed by atoms with Gasteiger partial charge >= 0.3 is 0 Å². The molecule has 0 spiro atoms. The highest BCUT2D eigenvalue weighted by molar-refractivity contribution is 5.76. The Hall–Kier alpha value is -1.77. The molecule has 2 rings (SSSR count). The lowest BCUT2D eigenvalue weighted by Gasteiger charge is -2.19. The van der Waals surface area contributed by atoms with Crippen LogP contribution in [0.5, 0.6) is 5.75 Å². The second-order valence-corrected chi connectivity index (χ2v) is 5.45. The fraction of sp³-hybridized carbons (Fsp3) is 0.471. The summed E-state index contributed by atoms with van der Waals surface area (Å²) < 4.78 is 5.64. The smallest absolute Gasteiger partial charge is 0.223 e. The summed E-state index contributed by atoms with van der Waals surface area (Å²) in [5, 5.41) is 0. The van der Waals surface area contributed by atoms with Gasteiger partial charge in [-0.1, -0.05) is 29.8 Å². The van der Waals surface area contributed by atoms with Crippen LogP contribution < -0.4 is 4.74 Å². The number of rotatable bonds is 6. The van der Waals surface area contributed by atoms with E-state index in [-0.39, 0.29) is 5.91 Å². The highest BCUT2D eigenvalue weighted by Gasteiger charge is 2.16. The Bertz CT molecular complexity index is 464. The number of nitrogens with zero attached hydrogens (tertiary/aromatic N) is 1. The van der Waals surface area contributed by atoms with E-state index in [4.69, 9.17) is 4.74 Å². The van der Waals surface area contributed by atoms with Crippen molar-refractivity contribution in [2.45, 2.75) is 26.2 Å². The lowest BCUT2D eigenvalue weighted by atomic mass is 10.0. The zero-order valence-corrected chi connectivity index (χ0v) is 12.3. The quantitative estimate of drug-likeness (QED) is 0.745. The van der Waals surface area contributed by atoms with Gasteiger partial charge < -0.3 is 9.64 Å². The van der Waals surface area contributed by atoms with Crippen LogP contribution in [0, 0.1) is 12.8 Å². The van der Waals surface area contributed by atoms with Gasteiger partial charge in [-0.15, -0.1) is 0 Å². The van der Waals surface area contributed by atoms with Crippen LogP contribution >= 0.6 is 0 Å². The summed E-state index contributed by atoms with van der Waals surface area (Å²) in [6.45, 7) is 3.21. The summed E-state index contributed by atoms with van der Waals surface area (Å²) in [4.78, 5) is 13.8. The molecule has 108 valence electrons. The van der Waals surface area contributed by atoms with Crippen LogP contribution in [0.4, 0.5) is 0 Å². The Morgan fingerprint density at radius 2 is 2.10 bits per heavy atom. The lowest BCUT2D eigenvalue weighted by molar-refractivity contribution is -0.130. The average molecular weight is 273 g/mol. The molecule has 1 aromatic carbocycles. The number of allylic oxidation sites excluding steroid dienone is 2. The molecule has 1 amide bonds. The molecule has 1 atom stereocenters. The number of likely N-dealkylation sites (N-methyl/N-ethyl adjacent to an activating group) is 1. The van der Waals surface area contributed by atoms with Crippen LogP contribution in [-0.2, 0) is 4.79 Å². The first-order valence-electron chi connectivity index (χ1n) is 7.25. The van der Waals surface area contributed by atoms with E-state index in [2.05, 4.69) is 12.2 Å². The van der Waals surface area contributed by atoms with Gasteiger partial charge in [0.15, 0.2) is 0 Å². The van der Waals surface area contributed by atoms with E-state index in [0.717, 1.165) is 18.6 Å². The third-order valence-corrected chi connectivity index (χ3v) is 3.69. The summed E-state index contributed by atoms with van der Waals surface area (Å²) in [5.41, 5.74) is 1.22. The van der Waals surface area contributed by atoms with Crippen molar-refractivity contribution in [2.75, 3.05) is 20.2 Å². The molecule has 20 heavy (non-hydrogen) atoms. The number of hydrogen-bond acceptors (Lipinski definition) is 2. The Morgan fingerprint density at radius 1 is 1.35 bits per heavy atom. The summed E-state index contributed by atoms with van der Waals surface area (Å²) >= 11 is 0. The number of amides is 1. The number of carbonyl (C=O) groups excluding carboxylic acids is 1. The summed E-state index contributed by atoms with van der Waals surface area (Å²) in [6, 6.07) is 7.97. The molecule has 1 aromatic rings. The number of hydrogen-bond donors (Lipinski definition) is 0. The average Bonchev–Trinajstić information content (AvgIpc) is 2.93. The van der Waals surface area contributed by atoms with Gasteiger partial charge in [0.05, 0.1) is 6.54 Å². The SMILES string of the molecule is Cc1ccc(OCCN(C)C(=O)CC2C=CCC2)cc1. The molecule has 3 nitrogen and oxygen atoms in total. The molecule has 1 unspecified atom stereocenters. The van der Waals surface area contributed by atoms with Crippen molar-refractivity contribution >= 4 is 5.91 Å². The Balaban J connectivity index is 1.68. The van der Waals surface area contributed by atoms with E-state index in [9.17, 15) is 4.79 Å². The van der Waals surface area contributed by atoms with E-state index >= 15 is 0 Å². The molecule has 0 N–H and O–H groups in total. The second kappa shape index (κ2) is 7.13. The van der Waals surface area contributed by atoms with Crippen LogP contribution in [0.25, 0.3) is 0 Å². The van der Waals surface area contributed by atoms with Crippen LogP contribution in [0.2, 0.25) is 0 Å². The van der Waals surface area contributed by atoms with Gasteiger partial charge in [0.2, 0.25) is 5.91 Å². The van der Waals surface area contributed by atoms with Crippen molar-refractivity contribution in [3.05, 3.63) is 42.0 Å². The predicted molar refractivity (Wildman–Crippen MR) is 80.8 cm³/mol. The zero-order valence-electron chi connectivity index (χ0n) is 12.3. The van der Waals surface area contributed by atoms with Crippen molar-refractivity contribution in [2.24, 2.45) is 5.92 Å². The summed E-state index contributed by atoms with van der Waals surface area (Å²) in [7, 11) is 1.85. The van der Waals surface area contributed by atoms with E-state index in [1.54, 1.807) is 4.90 Å². The van der Waals surface area contributed by atoms with E-state index in [1.165, 1.54) is 5.56 Å². The molecule has 0 saturated carbocycles. The van der Waals surface area contributed by atoms with Gasteiger partial charge in [0.1, 0.15) is 12.4 Å². The molecule has 3 heteroatoms. The minimum Gasteiger partial charge on any atom is -0.492 e. The Kier molecular flexibility index (Phi) is 5.22. The van der Waals surface area contributed by atoms with Crippen LogP contribution in [0.1, 0.15) is 24.8 Å². The molecule has 0 fully saturated rings. The van der Waals surface area contributed by atoms with Gasteiger partial charge in [-0.05, 0) is 37.8 Å². The molecule has 0 aromatic heterocycles. The van der Waals surface area contributed by atoms with Gasteiger partial charge in [0.25, 0.3) is 0 Å². The maximum absolute atomic E-state index is 12.0. The summed E-state index contributed by atoms with van der Waals surface area (Å²) in [6.07, 6.45) is 7.17. The van der Waals surface area contributed by atoms with Gasteiger partial charge in [-0.2, -0.15) is 0 Å². The maximum atomic E-state index is 12.0. The van der Waals surface area contributed by atoms with Gasteiger partial charge in [-0.25, -0.2) is 0 Å². The van der Waals surface area contributed by atoms with Crippen LogP contribution in [0.3, 0.4) is 0 Å². The van der Waals surface area contributed by atoms with E-state index < -0.39 is 0 Å². The standard InChI is InChI=1S/C17H23NO2/c1-14-7-9-16(10-8-14)20-12-11-18(2)17(19)13-15-5-3-4-6-15/h3,5,7-10,15H,4,6,11-13H2,1-2H3. The number of aryl methyl sites for hydroxylation is 1.